The van der Waals surface area contributed by atoms with Crippen molar-refractivity contribution in [2.24, 2.45) is 5.92 Å². The monoisotopic (exact) mass is 374 g/mol. The van der Waals surface area contributed by atoms with E-state index in [-0.39, 0.29) is 22.8 Å². The van der Waals surface area contributed by atoms with Gasteiger partial charge in [-0.05, 0) is 6.07 Å². The van der Waals surface area contributed by atoms with Crippen molar-refractivity contribution in [3.05, 3.63) is 45.4 Å². The van der Waals surface area contributed by atoms with Gasteiger partial charge in [-0.3, -0.25) is 9.36 Å². The van der Waals surface area contributed by atoms with Crippen LogP contribution in [0.2, 0.25) is 0 Å². The van der Waals surface area contributed by atoms with E-state index in [2.05, 4.69) is 9.97 Å². The number of fused-ring (bicyclic) bond motifs is 1. The Morgan fingerprint density at radius 1 is 1.42 bits per heavy atom. The maximum atomic E-state index is 14.5. The van der Waals surface area contributed by atoms with Crippen molar-refractivity contribution in [2.75, 3.05) is 18.0 Å². The summed E-state index contributed by atoms with van der Waals surface area (Å²) in [4.78, 5) is 44.5. The summed E-state index contributed by atoms with van der Waals surface area (Å²) in [6.45, 7) is 0.682. The molecule has 0 radical (unpaired) electrons. The zero-order valence-electron chi connectivity index (χ0n) is 13.1. The maximum absolute atomic E-state index is 14.5. The first-order valence-electron chi connectivity index (χ1n) is 7.59. The number of carboxylic acids is 1. The predicted molar refractivity (Wildman–Crippen MR) is 91.7 cm³/mol. The molecule has 0 atom stereocenters. The number of anilines is 1. The molecule has 0 spiro atoms. The van der Waals surface area contributed by atoms with Crippen LogP contribution in [-0.4, -0.2) is 45.0 Å². The SMILES string of the molecule is O=CC1CN(c2nc3c(cc2F)c(=O)c(C(=O)O)cn3-c2nccs2)C1. The fraction of sp³-hybridized carbons (Fsp3) is 0.188. The van der Waals surface area contributed by atoms with E-state index < -0.39 is 22.8 Å². The second-order valence-electron chi connectivity index (χ2n) is 5.83. The summed E-state index contributed by atoms with van der Waals surface area (Å²) in [6.07, 6.45) is 3.48. The Kier molecular flexibility index (Phi) is 3.76. The van der Waals surface area contributed by atoms with E-state index in [1.165, 1.54) is 22.1 Å². The average molecular weight is 374 g/mol. The lowest BCUT2D eigenvalue weighted by Gasteiger charge is -2.37. The first-order valence-corrected chi connectivity index (χ1v) is 8.47. The van der Waals surface area contributed by atoms with Crippen LogP contribution in [0.1, 0.15) is 10.4 Å². The first-order chi connectivity index (χ1) is 12.5. The van der Waals surface area contributed by atoms with Crippen LogP contribution in [0.3, 0.4) is 0 Å². The molecule has 10 heteroatoms. The van der Waals surface area contributed by atoms with Crippen molar-refractivity contribution in [3.8, 4) is 5.13 Å². The highest BCUT2D eigenvalue weighted by molar-refractivity contribution is 7.12. The second-order valence-corrected chi connectivity index (χ2v) is 6.70. The molecule has 1 aliphatic heterocycles. The molecule has 0 aliphatic carbocycles. The molecule has 0 unspecified atom stereocenters. The molecule has 0 aromatic carbocycles. The van der Waals surface area contributed by atoms with Crippen molar-refractivity contribution >= 4 is 40.4 Å². The van der Waals surface area contributed by atoms with Crippen LogP contribution in [0.5, 0.6) is 0 Å². The fourth-order valence-electron chi connectivity index (χ4n) is 2.84. The van der Waals surface area contributed by atoms with Crippen LogP contribution >= 0.6 is 11.3 Å². The summed E-state index contributed by atoms with van der Waals surface area (Å²) in [5.74, 6) is -2.32. The van der Waals surface area contributed by atoms with Crippen molar-refractivity contribution in [1.29, 1.82) is 0 Å². The molecular weight excluding hydrogens is 363 g/mol. The van der Waals surface area contributed by atoms with Gasteiger partial charge in [-0.1, -0.05) is 0 Å². The first kappa shape index (κ1) is 16.3. The van der Waals surface area contributed by atoms with Crippen LogP contribution < -0.4 is 10.3 Å². The third-order valence-corrected chi connectivity index (χ3v) is 4.94. The summed E-state index contributed by atoms with van der Waals surface area (Å²) < 4.78 is 15.9. The minimum atomic E-state index is -1.41. The Bertz CT molecular complexity index is 1090. The van der Waals surface area contributed by atoms with Gasteiger partial charge in [0.25, 0.3) is 0 Å². The normalized spacial score (nSPS) is 14.4. The van der Waals surface area contributed by atoms with Crippen LogP contribution in [-0.2, 0) is 4.79 Å². The molecule has 4 rings (SSSR count). The maximum Gasteiger partial charge on any atom is 0.341 e. The highest BCUT2D eigenvalue weighted by Crippen LogP contribution is 2.28. The number of thiazole rings is 1. The topological polar surface area (TPSA) is 105 Å². The molecule has 1 aliphatic rings. The number of aromatic nitrogens is 3. The van der Waals surface area contributed by atoms with Gasteiger partial charge in [0.2, 0.25) is 5.43 Å². The van der Waals surface area contributed by atoms with Crippen molar-refractivity contribution in [1.82, 2.24) is 14.5 Å². The van der Waals surface area contributed by atoms with Gasteiger partial charge in [0.15, 0.2) is 22.4 Å². The van der Waals surface area contributed by atoms with Gasteiger partial charge in [0.1, 0.15) is 11.8 Å². The van der Waals surface area contributed by atoms with E-state index in [0.717, 1.165) is 18.5 Å². The Morgan fingerprint density at radius 2 is 2.19 bits per heavy atom. The Balaban J connectivity index is 1.98. The van der Waals surface area contributed by atoms with Gasteiger partial charge in [-0.15, -0.1) is 11.3 Å². The van der Waals surface area contributed by atoms with Gasteiger partial charge < -0.3 is 14.8 Å². The van der Waals surface area contributed by atoms with Gasteiger partial charge in [0.05, 0.1) is 5.39 Å². The lowest BCUT2D eigenvalue weighted by Crippen LogP contribution is -2.48. The minimum absolute atomic E-state index is 0.0170. The average Bonchev–Trinajstić information content (AvgIpc) is 3.09. The lowest BCUT2D eigenvalue weighted by molar-refractivity contribution is -0.111. The summed E-state index contributed by atoms with van der Waals surface area (Å²) in [5.41, 5.74) is -1.19. The minimum Gasteiger partial charge on any atom is -0.477 e. The molecule has 0 bridgehead atoms. The zero-order valence-corrected chi connectivity index (χ0v) is 13.9. The number of carboxylic acid groups (broad SMARTS) is 1. The van der Waals surface area contributed by atoms with Gasteiger partial charge in [-0.2, -0.15) is 0 Å². The number of rotatable bonds is 4. The highest BCUT2D eigenvalue weighted by atomic mass is 32.1. The number of hydrogen-bond donors (Lipinski definition) is 1. The van der Waals surface area contributed by atoms with Crippen LogP contribution in [0.15, 0.2) is 28.6 Å². The van der Waals surface area contributed by atoms with Crippen molar-refractivity contribution < 1.29 is 19.1 Å². The Hall–Kier alpha value is -3.14. The summed E-state index contributed by atoms with van der Waals surface area (Å²) in [6, 6.07) is 0.991. The van der Waals surface area contributed by atoms with E-state index >= 15 is 0 Å². The predicted octanol–water partition coefficient (Wildman–Crippen LogP) is 1.31. The molecule has 3 aromatic rings. The summed E-state index contributed by atoms with van der Waals surface area (Å²) in [7, 11) is 0. The quantitative estimate of drug-likeness (QED) is 0.687. The third-order valence-electron chi connectivity index (χ3n) is 4.17. The molecule has 0 saturated carbocycles. The van der Waals surface area contributed by atoms with E-state index in [9.17, 15) is 23.9 Å². The van der Waals surface area contributed by atoms with Crippen LogP contribution in [0, 0.1) is 11.7 Å². The molecule has 8 nitrogen and oxygen atoms in total. The smallest absolute Gasteiger partial charge is 0.341 e. The number of carbonyl (C=O) groups excluding carboxylic acids is 1. The Morgan fingerprint density at radius 3 is 2.81 bits per heavy atom. The number of aldehydes is 1. The molecule has 3 aromatic heterocycles. The van der Waals surface area contributed by atoms with Gasteiger partial charge >= 0.3 is 5.97 Å². The van der Waals surface area contributed by atoms with E-state index in [4.69, 9.17) is 0 Å². The lowest BCUT2D eigenvalue weighted by atomic mass is 10.0. The van der Waals surface area contributed by atoms with Crippen LogP contribution in [0.25, 0.3) is 16.2 Å². The number of nitrogens with zero attached hydrogens (tertiary/aromatic N) is 4. The summed E-state index contributed by atoms with van der Waals surface area (Å²) >= 11 is 1.22. The highest BCUT2D eigenvalue weighted by Gasteiger charge is 2.30. The number of pyridine rings is 2. The van der Waals surface area contributed by atoms with Gasteiger partial charge in [-0.25, -0.2) is 19.2 Å². The molecule has 132 valence electrons. The van der Waals surface area contributed by atoms with Crippen LogP contribution in [0.4, 0.5) is 10.2 Å². The molecule has 1 fully saturated rings. The molecule has 4 heterocycles. The zero-order chi connectivity index (χ0) is 18.4. The molecule has 1 N–H and O–H groups in total. The van der Waals surface area contributed by atoms with E-state index in [0.29, 0.717) is 18.2 Å². The van der Waals surface area contributed by atoms with Crippen molar-refractivity contribution in [3.63, 3.8) is 0 Å². The second kappa shape index (κ2) is 5.99. The Labute approximate surface area is 149 Å². The largest absolute Gasteiger partial charge is 0.477 e. The standard InChI is InChI=1S/C16H11FN4O4S/c17-11-3-9-12(23)10(15(24)25)6-21(16-18-1-2-26-16)13(9)19-14(11)20-4-8(5-20)7-22/h1-3,6-8H,4-5H2,(H,24,25). The molecule has 0 amide bonds. The van der Waals surface area contributed by atoms with E-state index in [1.54, 1.807) is 10.3 Å². The number of halogens is 1. The third kappa shape index (κ3) is 2.46. The van der Waals surface area contributed by atoms with Crippen molar-refractivity contribution in [2.45, 2.75) is 0 Å². The molecular formula is C16H11FN4O4S. The number of hydrogen-bond acceptors (Lipinski definition) is 7. The number of aromatic carboxylic acids is 1. The fourth-order valence-corrected chi connectivity index (χ4v) is 3.46. The molecule has 26 heavy (non-hydrogen) atoms. The number of carbonyl (C=O) groups is 2. The summed E-state index contributed by atoms with van der Waals surface area (Å²) in [5, 5.41) is 11.2. The van der Waals surface area contributed by atoms with E-state index in [1.807, 2.05) is 0 Å². The van der Waals surface area contributed by atoms with Gasteiger partial charge in [0, 0.05) is 36.8 Å². The molecule has 1 saturated heterocycles.